The Morgan fingerprint density at radius 3 is 2.36 bits per heavy atom. The zero-order valence-corrected chi connectivity index (χ0v) is 17.5. The highest BCUT2D eigenvalue weighted by molar-refractivity contribution is 7.89. The lowest BCUT2D eigenvalue weighted by Crippen LogP contribution is -2.54. The van der Waals surface area contributed by atoms with E-state index < -0.39 is 10.0 Å². The first-order valence-corrected chi connectivity index (χ1v) is 11.3. The van der Waals surface area contributed by atoms with E-state index in [-0.39, 0.29) is 24.6 Å². The molecule has 0 radical (unpaired) electrons. The Morgan fingerprint density at radius 1 is 1.14 bits per heavy atom. The van der Waals surface area contributed by atoms with Crippen LogP contribution in [-0.2, 0) is 24.3 Å². The highest BCUT2D eigenvalue weighted by Crippen LogP contribution is 2.28. The summed E-state index contributed by atoms with van der Waals surface area (Å²) in [5.74, 6) is -0.0189. The Morgan fingerprint density at radius 2 is 1.75 bits per heavy atom. The molecule has 2 aliphatic heterocycles. The molecule has 0 aliphatic carbocycles. The molecule has 0 atom stereocenters. The van der Waals surface area contributed by atoms with Gasteiger partial charge in [-0.1, -0.05) is 18.2 Å². The van der Waals surface area contributed by atoms with Gasteiger partial charge in [-0.25, -0.2) is 8.42 Å². The van der Waals surface area contributed by atoms with Crippen molar-refractivity contribution in [2.45, 2.75) is 49.6 Å². The smallest absolute Gasteiger partial charge is 0.249 e. The van der Waals surface area contributed by atoms with Crippen LogP contribution in [0.1, 0.15) is 31.2 Å². The third-order valence-electron chi connectivity index (χ3n) is 5.67. The summed E-state index contributed by atoms with van der Waals surface area (Å²) in [4.78, 5) is 15.0. The van der Waals surface area contributed by atoms with Crippen LogP contribution in [0.4, 0.5) is 0 Å². The van der Waals surface area contributed by atoms with Crippen molar-refractivity contribution < 1.29 is 22.7 Å². The van der Waals surface area contributed by atoms with Gasteiger partial charge in [0.05, 0.1) is 4.90 Å². The Labute approximate surface area is 167 Å². The molecule has 0 aromatic heterocycles. The zero-order valence-electron chi connectivity index (χ0n) is 16.7. The lowest BCUT2D eigenvalue weighted by molar-refractivity contribution is -0.143. The second-order valence-electron chi connectivity index (χ2n) is 7.48. The fourth-order valence-corrected chi connectivity index (χ4v) is 5.91. The Balaban J connectivity index is 1.71. The number of rotatable bonds is 6. The molecule has 0 bridgehead atoms. The number of benzene rings is 1. The van der Waals surface area contributed by atoms with Gasteiger partial charge in [0.15, 0.2) is 0 Å². The van der Waals surface area contributed by atoms with Gasteiger partial charge in [0.2, 0.25) is 15.9 Å². The summed E-state index contributed by atoms with van der Waals surface area (Å²) in [6.07, 6.45) is 2.91. The monoisotopic (exact) mass is 410 g/mol. The first kappa shape index (κ1) is 21.2. The van der Waals surface area contributed by atoms with E-state index in [0.29, 0.717) is 44.0 Å². The molecule has 2 aliphatic rings. The number of piperidine rings is 1. The number of amides is 1. The standard InChI is InChI=1S/C20H30N2O5S/c1-16-5-3-4-6-19(16)28(24,25)21-11-7-17(8-12-21)22(20(23)15-26-2)18-9-13-27-14-10-18/h3-6,17-18H,7-15H2,1-2H3. The number of aryl methyl sites for hydroxylation is 1. The van der Waals surface area contributed by atoms with E-state index in [4.69, 9.17) is 9.47 Å². The summed E-state index contributed by atoms with van der Waals surface area (Å²) in [7, 11) is -1.99. The molecule has 0 spiro atoms. The maximum Gasteiger partial charge on any atom is 0.249 e. The SMILES string of the molecule is COCC(=O)N(C1CCOCC1)C1CCN(S(=O)(=O)c2ccccc2C)CC1. The minimum atomic E-state index is -3.51. The number of hydrogen-bond acceptors (Lipinski definition) is 5. The number of sulfonamides is 1. The van der Waals surface area contributed by atoms with Crippen LogP contribution < -0.4 is 0 Å². The van der Waals surface area contributed by atoms with Crippen LogP contribution in [0.2, 0.25) is 0 Å². The van der Waals surface area contributed by atoms with Gasteiger partial charge in [0.25, 0.3) is 0 Å². The molecule has 0 unspecified atom stereocenters. The van der Waals surface area contributed by atoms with Crippen LogP contribution in [0.3, 0.4) is 0 Å². The highest BCUT2D eigenvalue weighted by atomic mass is 32.2. The topological polar surface area (TPSA) is 76.2 Å². The van der Waals surface area contributed by atoms with Gasteiger partial charge in [0.1, 0.15) is 6.61 Å². The average Bonchev–Trinajstić information content (AvgIpc) is 2.70. The highest BCUT2D eigenvalue weighted by Gasteiger charge is 2.37. The molecule has 28 heavy (non-hydrogen) atoms. The van der Waals surface area contributed by atoms with E-state index in [1.807, 2.05) is 24.0 Å². The molecule has 156 valence electrons. The van der Waals surface area contributed by atoms with Gasteiger partial charge in [-0.3, -0.25) is 4.79 Å². The third kappa shape index (κ3) is 4.56. The largest absolute Gasteiger partial charge is 0.381 e. The van der Waals surface area contributed by atoms with Crippen LogP contribution in [0.15, 0.2) is 29.2 Å². The fourth-order valence-electron chi connectivity index (χ4n) is 4.21. The van der Waals surface area contributed by atoms with Gasteiger partial charge < -0.3 is 14.4 Å². The third-order valence-corrected chi connectivity index (χ3v) is 7.73. The molecule has 1 aromatic carbocycles. The summed E-state index contributed by atoms with van der Waals surface area (Å²) < 4.78 is 38.1. The predicted octanol–water partition coefficient (Wildman–Crippen LogP) is 1.80. The second kappa shape index (κ2) is 9.35. The minimum absolute atomic E-state index is 0.0189. The van der Waals surface area contributed by atoms with Crippen molar-refractivity contribution in [1.29, 1.82) is 0 Å². The molecule has 1 aromatic rings. The van der Waals surface area contributed by atoms with E-state index in [1.165, 1.54) is 7.11 Å². The molecule has 8 heteroatoms. The summed E-state index contributed by atoms with van der Waals surface area (Å²) in [6, 6.07) is 7.25. The van der Waals surface area contributed by atoms with Crippen molar-refractivity contribution in [3.8, 4) is 0 Å². The minimum Gasteiger partial charge on any atom is -0.381 e. The normalized spacial score (nSPS) is 20.2. The Bertz CT molecular complexity index is 769. The lowest BCUT2D eigenvalue weighted by Gasteiger charge is -2.43. The lowest BCUT2D eigenvalue weighted by atomic mass is 9.98. The Hall–Kier alpha value is -1.48. The predicted molar refractivity (Wildman–Crippen MR) is 106 cm³/mol. The molecule has 0 N–H and O–H groups in total. The number of methoxy groups -OCH3 is 1. The van der Waals surface area contributed by atoms with Crippen molar-refractivity contribution in [1.82, 2.24) is 9.21 Å². The molecule has 0 saturated carbocycles. The number of hydrogen-bond donors (Lipinski definition) is 0. The van der Waals surface area contributed by atoms with Gasteiger partial charge in [-0.2, -0.15) is 4.31 Å². The number of carbonyl (C=O) groups excluding carboxylic acids is 1. The summed E-state index contributed by atoms with van der Waals surface area (Å²) in [5.41, 5.74) is 0.753. The van der Waals surface area contributed by atoms with E-state index >= 15 is 0 Å². The zero-order chi connectivity index (χ0) is 20.1. The molecule has 7 nitrogen and oxygen atoms in total. The molecule has 2 fully saturated rings. The van der Waals surface area contributed by atoms with Gasteiger partial charge in [-0.15, -0.1) is 0 Å². The van der Waals surface area contributed by atoms with Crippen LogP contribution in [0, 0.1) is 6.92 Å². The van der Waals surface area contributed by atoms with Crippen LogP contribution >= 0.6 is 0 Å². The maximum atomic E-state index is 13.0. The fraction of sp³-hybridized carbons (Fsp3) is 0.650. The molecule has 2 heterocycles. The van der Waals surface area contributed by atoms with E-state index in [1.54, 1.807) is 16.4 Å². The van der Waals surface area contributed by atoms with Gasteiger partial charge in [0, 0.05) is 45.5 Å². The van der Waals surface area contributed by atoms with Crippen molar-refractivity contribution >= 4 is 15.9 Å². The van der Waals surface area contributed by atoms with Crippen molar-refractivity contribution in [2.24, 2.45) is 0 Å². The number of carbonyl (C=O) groups is 1. The van der Waals surface area contributed by atoms with Crippen LogP contribution in [0.5, 0.6) is 0 Å². The Kier molecular flexibility index (Phi) is 7.09. The first-order valence-electron chi connectivity index (χ1n) is 9.88. The molecular weight excluding hydrogens is 380 g/mol. The van der Waals surface area contributed by atoms with Gasteiger partial charge in [-0.05, 0) is 44.2 Å². The molecule has 1 amide bonds. The average molecular weight is 411 g/mol. The summed E-state index contributed by atoms with van der Waals surface area (Å²) >= 11 is 0. The maximum absolute atomic E-state index is 13.0. The summed E-state index contributed by atoms with van der Waals surface area (Å²) in [6.45, 7) is 4.02. The van der Waals surface area contributed by atoms with Crippen LogP contribution in [0.25, 0.3) is 0 Å². The van der Waals surface area contributed by atoms with Crippen molar-refractivity contribution in [3.63, 3.8) is 0 Å². The van der Waals surface area contributed by atoms with E-state index in [9.17, 15) is 13.2 Å². The van der Waals surface area contributed by atoms with Crippen molar-refractivity contribution in [2.75, 3.05) is 40.0 Å². The number of ether oxygens (including phenoxy) is 2. The van der Waals surface area contributed by atoms with Gasteiger partial charge >= 0.3 is 0 Å². The van der Waals surface area contributed by atoms with E-state index in [0.717, 1.165) is 18.4 Å². The summed E-state index contributed by atoms with van der Waals surface area (Å²) in [5, 5.41) is 0. The van der Waals surface area contributed by atoms with E-state index in [2.05, 4.69) is 0 Å². The quantitative estimate of drug-likeness (QED) is 0.715. The number of nitrogens with zero attached hydrogens (tertiary/aromatic N) is 2. The molecule has 3 rings (SSSR count). The van der Waals surface area contributed by atoms with Crippen LogP contribution in [-0.4, -0.2) is 75.6 Å². The first-order chi connectivity index (χ1) is 13.4. The van der Waals surface area contributed by atoms with Crippen molar-refractivity contribution in [3.05, 3.63) is 29.8 Å². The molecular formula is C20H30N2O5S. The molecule has 2 saturated heterocycles. The second-order valence-corrected chi connectivity index (χ2v) is 9.38.